The molecular formula is C15H18ClN3O4. The lowest BCUT2D eigenvalue weighted by atomic mass is 10.1. The van der Waals surface area contributed by atoms with Crippen molar-refractivity contribution >= 4 is 17.6 Å². The maximum absolute atomic E-state index is 12.0. The van der Waals surface area contributed by atoms with Gasteiger partial charge in [-0.1, -0.05) is 11.6 Å². The van der Waals surface area contributed by atoms with Crippen molar-refractivity contribution in [2.45, 2.75) is 26.9 Å². The number of H-pyrrole nitrogens is 1. The molecule has 1 aromatic heterocycles. The van der Waals surface area contributed by atoms with E-state index < -0.39 is 5.97 Å². The van der Waals surface area contributed by atoms with Crippen molar-refractivity contribution in [1.29, 1.82) is 0 Å². The smallest absolute Gasteiger partial charge is 0.361 e. The molecule has 0 saturated heterocycles. The van der Waals surface area contributed by atoms with Crippen LogP contribution in [0.25, 0.3) is 11.3 Å². The Hall–Kier alpha value is -2.28. The second-order valence-corrected chi connectivity index (χ2v) is 5.33. The summed E-state index contributed by atoms with van der Waals surface area (Å²) in [5.41, 5.74) is 0.851. The highest BCUT2D eigenvalue weighted by molar-refractivity contribution is 6.31. The molecule has 23 heavy (non-hydrogen) atoms. The van der Waals surface area contributed by atoms with Crippen molar-refractivity contribution in [2.24, 2.45) is 0 Å². The summed E-state index contributed by atoms with van der Waals surface area (Å²) in [5, 5.41) is 10.8. The number of carbonyl (C=O) groups excluding carboxylic acids is 1. The lowest BCUT2D eigenvalue weighted by Gasteiger charge is -2.17. The van der Waals surface area contributed by atoms with E-state index in [1.807, 2.05) is 13.8 Å². The topological polar surface area (TPSA) is 86.3 Å². The number of benzene rings is 1. The van der Waals surface area contributed by atoms with Gasteiger partial charge in [0.15, 0.2) is 17.2 Å². The summed E-state index contributed by atoms with van der Waals surface area (Å²) in [6, 6.07) is 3.27. The van der Waals surface area contributed by atoms with E-state index in [1.165, 1.54) is 7.11 Å². The fraction of sp³-hybridized carbons (Fsp3) is 0.400. The Morgan fingerprint density at radius 2 is 2.09 bits per heavy atom. The number of hydrogen-bond acceptors (Lipinski definition) is 6. The van der Waals surface area contributed by atoms with Crippen molar-refractivity contribution in [3.8, 4) is 22.8 Å². The first-order chi connectivity index (χ1) is 11.0. The minimum absolute atomic E-state index is 0.0600. The van der Waals surface area contributed by atoms with Gasteiger partial charge < -0.3 is 14.2 Å². The van der Waals surface area contributed by atoms with Crippen LogP contribution in [0.4, 0.5) is 0 Å². The molecule has 0 fully saturated rings. The zero-order valence-electron chi connectivity index (χ0n) is 13.3. The highest BCUT2D eigenvalue weighted by Crippen LogP contribution is 2.41. The SMILES string of the molecule is CCOC(=O)c1n[nH]nc1-c1cc(Cl)cc(OC)c1OC(C)C. The van der Waals surface area contributed by atoms with Crippen LogP contribution in [0.5, 0.6) is 11.5 Å². The average Bonchev–Trinajstić information content (AvgIpc) is 2.97. The molecule has 1 heterocycles. The molecule has 124 valence electrons. The van der Waals surface area contributed by atoms with Gasteiger partial charge in [0.05, 0.1) is 25.4 Å². The van der Waals surface area contributed by atoms with Crippen LogP contribution in [0.1, 0.15) is 31.3 Å². The molecule has 0 aliphatic heterocycles. The summed E-state index contributed by atoms with van der Waals surface area (Å²) in [6.45, 7) is 5.71. The first-order valence-electron chi connectivity index (χ1n) is 7.10. The van der Waals surface area contributed by atoms with E-state index in [4.69, 9.17) is 25.8 Å². The summed E-state index contributed by atoms with van der Waals surface area (Å²) >= 11 is 6.14. The first-order valence-corrected chi connectivity index (χ1v) is 7.48. The van der Waals surface area contributed by atoms with E-state index in [0.29, 0.717) is 27.8 Å². The van der Waals surface area contributed by atoms with Gasteiger partial charge in [0.25, 0.3) is 0 Å². The molecule has 0 spiro atoms. The number of hydrogen-bond donors (Lipinski definition) is 1. The van der Waals surface area contributed by atoms with Crippen LogP contribution in [-0.4, -0.2) is 41.2 Å². The fourth-order valence-corrected chi connectivity index (χ4v) is 2.22. The molecule has 0 atom stereocenters. The monoisotopic (exact) mass is 339 g/mol. The highest BCUT2D eigenvalue weighted by atomic mass is 35.5. The van der Waals surface area contributed by atoms with Gasteiger partial charge in [0.2, 0.25) is 0 Å². The normalized spacial score (nSPS) is 10.7. The van der Waals surface area contributed by atoms with Gasteiger partial charge in [-0.05, 0) is 26.8 Å². The minimum atomic E-state index is -0.578. The zero-order valence-corrected chi connectivity index (χ0v) is 14.1. The Bertz CT molecular complexity index is 700. The average molecular weight is 340 g/mol. The number of halogens is 1. The molecule has 0 bridgehead atoms. The van der Waals surface area contributed by atoms with Crippen molar-refractivity contribution in [3.63, 3.8) is 0 Å². The number of nitrogens with one attached hydrogen (secondary N) is 1. The second kappa shape index (κ2) is 7.32. The van der Waals surface area contributed by atoms with E-state index in [0.717, 1.165) is 0 Å². The Labute approximate surface area is 138 Å². The van der Waals surface area contributed by atoms with Crippen molar-refractivity contribution in [3.05, 3.63) is 22.8 Å². The zero-order chi connectivity index (χ0) is 17.0. The predicted molar refractivity (Wildman–Crippen MR) is 85.1 cm³/mol. The highest BCUT2D eigenvalue weighted by Gasteiger charge is 2.25. The summed E-state index contributed by atoms with van der Waals surface area (Å²) in [4.78, 5) is 12.0. The van der Waals surface area contributed by atoms with E-state index in [-0.39, 0.29) is 18.4 Å². The molecule has 0 saturated carbocycles. The number of ether oxygens (including phenoxy) is 3. The van der Waals surface area contributed by atoms with E-state index in [1.54, 1.807) is 19.1 Å². The van der Waals surface area contributed by atoms with Gasteiger partial charge in [-0.15, -0.1) is 5.10 Å². The van der Waals surface area contributed by atoms with Crippen molar-refractivity contribution < 1.29 is 19.0 Å². The standard InChI is InChI=1S/C15H18ClN3O4/c1-5-22-15(20)13-12(17-19-18-13)10-6-9(16)7-11(21-4)14(10)23-8(2)3/h6-8H,5H2,1-4H3,(H,17,18,19). The molecule has 1 aromatic carbocycles. The third-order valence-corrected chi connectivity index (χ3v) is 3.08. The van der Waals surface area contributed by atoms with Crippen LogP contribution in [0, 0.1) is 0 Å². The number of esters is 1. The van der Waals surface area contributed by atoms with Crippen LogP contribution >= 0.6 is 11.6 Å². The molecule has 8 heteroatoms. The third kappa shape index (κ3) is 3.73. The van der Waals surface area contributed by atoms with Gasteiger partial charge in [-0.3, -0.25) is 0 Å². The lowest BCUT2D eigenvalue weighted by Crippen LogP contribution is -2.10. The number of carbonyl (C=O) groups is 1. The summed E-state index contributed by atoms with van der Waals surface area (Å²) < 4.78 is 16.1. The molecule has 7 nitrogen and oxygen atoms in total. The molecule has 1 N–H and O–H groups in total. The third-order valence-electron chi connectivity index (χ3n) is 2.86. The van der Waals surface area contributed by atoms with E-state index >= 15 is 0 Å². The van der Waals surface area contributed by atoms with E-state index in [2.05, 4.69) is 15.4 Å². The Morgan fingerprint density at radius 1 is 1.35 bits per heavy atom. The number of rotatable bonds is 6. The molecular weight excluding hydrogens is 322 g/mol. The van der Waals surface area contributed by atoms with Crippen molar-refractivity contribution in [2.75, 3.05) is 13.7 Å². The summed E-state index contributed by atoms with van der Waals surface area (Å²) in [6.07, 6.45) is -0.109. The van der Waals surface area contributed by atoms with Gasteiger partial charge in [-0.2, -0.15) is 10.3 Å². The number of methoxy groups -OCH3 is 1. The van der Waals surface area contributed by atoms with Gasteiger partial charge in [0, 0.05) is 11.1 Å². The minimum Gasteiger partial charge on any atom is -0.493 e. The quantitative estimate of drug-likeness (QED) is 0.814. The Kier molecular flexibility index (Phi) is 5.44. The van der Waals surface area contributed by atoms with Crippen LogP contribution in [-0.2, 0) is 4.74 Å². The molecule has 0 aliphatic carbocycles. The second-order valence-electron chi connectivity index (χ2n) is 4.89. The lowest BCUT2D eigenvalue weighted by molar-refractivity contribution is 0.0520. The van der Waals surface area contributed by atoms with Crippen LogP contribution in [0.15, 0.2) is 12.1 Å². The van der Waals surface area contributed by atoms with Gasteiger partial charge >= 0.3 is 5.97 Å². The number of nitrogens with zero attached hydrogens (tertiary/aromatic N) is 2. The maximum atomic E-state index is 12.0. The summed E-state index contributed by atoms with van der Waals surface area (Å²) in [7, 11) is 1.51. The molecule has 0 aliphatic rings. The maximum Gasteiger partial charge on any atom is 0.361 e. The summed E-state index contributed by atoms with van der Waals surface area (Å²) in [5.74, 6) is 0.302. The largest absolute Gasteiger partial charge is 0.493 e. The van der Waals surface area contributed by atoms with Crippen LogP contribution in [0.3, 0.4) is 0 Å². The molecule has 0 unspecified atom stereocenters. The number of aromatic amines is 1. The molecule has 0 radical (unpaired) electrons. The molecule has 2 aromatic rings. The Morgan fingerprint density at radius 3 is 2.70 bits per heavy atom. The molecule has 2 rings (SSSR count). The number of aromatic nitrogens is 3. The van der Waals surface area contributed by atoms with E-state index in [9.17, 15) is 4.79 Å². The van der Waals surface area contributed by atoms with Gasteiger partial charge in [0.1, 0.15) is 5.69 Å². The van der Waals surface area contributed by atoms with Crippen LogP contribution < -0.4 is 9.47 Å². The van der Waals surface area contributed by atoms with Crippen molar-refractivity contribution in [1.82, 2.24) is 15.4 Å². The molecule has 0 amide bonds. The van der Waals surface area contributed by atoms with Gasteiger partial charge in [-0.25, -0.2) is 4.79 Å². The first kappa shape index (κ1) is 17.1. The Balaban J connectivity index is 2.61. The fourth-order valence-electron chi connectivity index (χ4n) is 2.01. The van der Waals surface area contributed by atoms with Crippen LogP contribution in [0.2, 0.25) is 5.02 Å². The predicted octanol–water partition coefficient (Wildman–Crippen LogP) is 3.10.